The Morgan fingerprint density at radius 2 is 1.51 bits per heavy atom. The standard InChI is InChI=1S/C33H31N3O5/c1-37-25-13-9-20(17-27(25)39-3)15-16-36-19-35-33-30(32(36)34)29(22-11-14-26(38-2)28(18-22)40-4)24-12-10-21-7-5-6-8-23(21)31(24)41-33/h5-14,17-19,29,34H,15-16H2,1-4H3/t29-/m1/s1. The predicted molar refractivity (Wildman–Crippen MR) is 156 cm³/mol. The molecule has 0 unspecified atom stereocenters. The summed E-state index contributed by atoms with van der Waals surface area (Å²) in [5.74, 6) is 3.51. The van der Waals surface area contributed by atoms with Gasteiger partial charge in [0.25, 0.3) is 0 Å². The van der Waals surface area contributed by atoms with Crippen LogP contribution in [0.1, 0.15) is 28.2 Å². The monoisotopic (exact) mass is 549 g/mol. The van der Waals surface area contributed by atoms with Crippen LogP contribution in [0.4, 0.5) is 0 Å². The highest BCUT2D eigenvalue weighted by molar-refractivity contribution is 5.91. The average Bonchev–Trinajstić information content (AvgIpc) is 3.02. The summed E-state index contributed by atoms with van der Waals surface area (Å²) in [5.41, 5.74) is 4.04. The van der Waals surface area contributed by atoms with Crippen LogP contribution >= 0.6 is 0 Å². The fourth-order valence-electron chi connectivity index (χ4n) is 5.53. The van der Waals surface area contributed by atoms with Gasteiger partial charge in [-0.15, -0.1) is 0 Å². The summed E-state index contributed by atoms with van der Waals surface area (Å²) in [6.45, 7) is 0.553. The van der Waals surface area contributed by atoms with Crippen LogP contribution in [0.5, 0.6) is 34.6 Å². The Hall–Kier alpha value is -4.98. The number of nitrogens with one attached hydrogen (secondary N) is 1. The lowest BCUT2D eigenvalue weighted by molar-refractivity contribution is 0.354. The van der Waals surface area contributed by atoms with E-state index in [4.69, 9.17) is 28.7 Å². The molecule has 1 aromatic heterocycles. The molecule has 1 aliphatic rings. The molecule has 0 amide bonds. The van der Waals surface area contributed by atoms with Crippen molar-refractivity contribution in [3.05, 3.63) is 107 Å². The van der Waals surface area contributed by atoms with Gasteiger partial charge >= 0.3 is 0 Å². The minimum absolute atomic E-state index is 0.299. The molecule has 0 saturated heterocycles. The summed E-state index contributed by atoms with van der Waals surface area (Å²) in [4.78, 5) is 4.73. The van der Waals surface area contributed by atoms with E-state index >= 15 is 0 Å². The third kappa shape index (κ3) is 4.61. The largest absolute Gasteiger partial charge is 0.493 e. The molecular formula is C33H31N3O5. The van der Waals surface area contributed by atoms with Crippen molar-refractivity contribution in [2.45, 2.75) is 18.9 Å². The molecular weight excluding hydrogens is 518 g/mol. The second kappa shape index (κ2) is 10.9. The molecule has 6 rings (SSSR count). The van der Waals surface area contributed by atoms with Crippen LogP contribution in [-0.4, -0.2) is 38.0 Å². The van der Waals surface area contributed by atoms with E-state index in [9.17, 15) is 5.41 Å². The zero-order chi connectivity index (χ0) is 28.5. The van der Waals surface area contributed by atoms with E-state index in [0.29, 0.717) is 52.9 Å². The molecule has 5 aromatic rings. The number of hydrogen-bond donors (Lipinski definition) is 1. The minimum Gasteiger partial charge on any atom is -0.493 e. The van der Waals surface area contributed by atoms with Gasteiger partial charge in [0.15, 0.2) is 23.0 Å². The maximum absolute atomic E-state index is 9.34. The molecule has 2 heterocycles. The summed E-state index contributed by atoms with van der Waals surface area (Å²) < 4.78 is 30.3. The highest BCUT2D eigenvalue weighted by Gasteiger charge is 2.33. The molecule has 41 heavy (non-hydrogen) atoms. The highest BCUT2D eigenvalue weighted by Crippen LogP contribution is 2.48. The van der Waals surface area contributed by atoms with Gasteiger partial charge in [-0.25, -0.2) is 4.98 Å². The molecule has 8 nitrogen and oxygen atoms in total. The van der Waals surface area contributed by atoms with E-state index < -0.39 is 0 Å². The van der Waals surface area contributed by atoms with E-state index in [2.05, 4.69) is 24.3 Å². The Labute approximate surface area is 238 Å². The SMILES string of the molecule is COc1ccc(CCn2cnc3c(c2=N)[C@H](c2ccc(OC)c(OC)c2)c2ccc4ccccc4c2O3)cc1OC. The van der Waals surface area contributed by atoms with Crippen molar-refractivity contribution in [2.24, 2.45) is 0 Å². The molecule has 0 radical (unpaired) electrons. The molecule has 8 heteroatoms. The summed E-state index contributed by atoms with van der Waals surface area (Å²) >= 11 is 0. The molecule has 1 N–H and O–H groups in total. The average molecular weight is 550 g/mol. The molecule has 208 valence electrons. The lowest BCUT2D eigenvalue weighted by Gasteiger charge is -2.29. The van der Waals surface area contributed by atoms with Gasteiger partial charge in [0.2, 0.25) is 5.88 Å². The smallest absolute Gasteiger partial charge is 0.228 e. The van der Waals surface area contributed by atoms with Crippen molar-refractivity contribution in [3.8, 4) is 34.6 Å². The number of nitrogens with zero attached hydrogens (tertiary/aromatic N) is 2. The van der Waals surface area contributed by atoms with Gasteiger partial charge in [0, 0.05) is 23.4 Å². The van der Waals surface area contributed by atoms with E-state index in [1.165, 1.54) is 0 Å². The van der Waals surface area contributed by atoms with Crippen LogP contribution in [0.25, 0.3) is 10.8 Å². The zero-order valence-corrected chi connectivity index (χ0v) is 23.4. The van der Waals surface area contributed by atoms with E-state index in [1.54, 1.807) is 34.8 Å². The van der Waals surface area contributed by atoms with Crippen LogP contribution in [0.3, 0.4) is 0 Å². The van der Waals surface area contributed by atoms with Gasteiger partial charge < -0.3 is 28.3 Å². The Balaban J connectivity index is 1.46. The molecule has 0 aliphatic carbocycles. The van der Waals surface area contributed by atoms with Gasteiger partial charge in [-0.05, 0) is 47.2 Å². The first-order valence-corrected chi connectivity index (χ1v) is 13.3. The van der Waals surface area contributed by atoms with Gasteiger partial charge in [-0.1, -0.05) is 48.5 Å². The first-order chi connectivity index (χ1) is 20.1. The van der Waals surface area contributed by atoms with Gasteiger partial charge in [0.05, 0.1) is 34.0 Å². The summed E-state index contributed by atoms with van der Waals surface area (Å²) in [5, 5.41) is 11.4. The normalized spacial score (nSPS) is 13.6. The Kier molecular flexibility index (Phi) is 6.97. The Morgan fingerprint density at radius 3 is 2.27 bits per heavy atom. The Morgan fingerprint density at radius 1 is 0.805 bits per heavy atom. The minimum atomic E-state index is -0.299. The van der Waals surface area contributed by atoms with Gasteiger partial charge in [-0.3, -0.25) is 5.41 Å². The number of benzene rings is 4. The van der Waals surface area contributed by atoms with E-state index in [0.717, 1.165) is 33.2 Å². The molecule has 0 spiro atoms. The second-order valence-electron chi connectivity index (χ2n) is 9.80. The lowest BCUT2D eigenvalue weighted by Crippen LogP contribution is -2.30. The van der Waals surface area contributed by atoms with Crippen LogP contribution in [0, 0.1) is 5.41 Å². The fourth-order valence-corrected chi connectivity index (χ4v) is 5.53. The van der Waals surface area contributed by atoms with Crippen molar-refractivity contribution in [3.63, 3.8) is 0 Å². The van der Waals surface area contributed by atoms with Crippen LogP contribution in [0.2, 0.25) is 0 Å². The maximum atomic E-state index is 9.34. The van der Waals surface area contributed by atoms with Gasteiger partial charge in [-0.2, -0.15) is 0 Å². The number of aryl methyl sites for hydroxylation is 2. The molecule has 4 aromatic carbocycles. The van der Waals surface area contributed by atoms with Crippen LogP contribution in [0.15, 0.2) is 79.1 Å². The molecule has 0 bridgehead atoms. The first kappa shape index (κ1) is 26.3. The first-order valence-electron chi connectivity index (χ1n) is 13.3. The molecule has 1 aliphatic heterocycles. The third-order valence-corrected chi connectivity index (χ3v) is 7.63. The number of methoxy groups -OCH3 is 4. The van der Waals surface area contributed by atoms with E-state index in [1.807, 2.05) is 53.1 Å². The number of rotatable bonds is 8. The van der Waals surface area contributed by atoms with Crippen LogP contribution in [-0.2, 0) is 13.0 Å². The number of fused-ring (bicyclic) bond motifs is 4. The van der Waals surface area contributed by atoms with Crippen molar-refractivity contribution in [1.82, 2.24) is 9.55 Å². The predicted octanol–water partition coefficient (Wildman–Crippen LogP) is 6.08. The Bertz CT molecular complexity index is 1810. The maximum Gasteiger partial charge on any atom is 0.228 e. The number of aromatic nitrogens is 2. The second-order valence-corrected chi connectivity index (χ2v) is 9.80. The van der Waals surface area contributed by atoms with Crippen molar-refractivity contribution in [2.75, 3.05) is 28.4 Å². The molecule has 0 fully saturated rings. The summed E-state index contributed by atoms with van der Waals surface area (Å²) in [6.07, 6.45) is 2.37. The summed E-state index contributed by atoms with van der Waals surface area (Å²) in [6, 6.07) is 24.1. The lowest BCUT2D eigenvalue weighted by atomic mass is 9.82. The van der Waals surface area contributed by atoms with Gasteiger partial charge in [0.1, 0.15) is 17.6 Å². The quantitative estimate of drug-likeness (QED) is 0.248. The topological polar surface area (TPSA) is 87.8 Å². The highest BCUT2D eigenvalue weighted by atomic mass is 16.5. The number of hydrogen-bond acceptors (Lipinski definition) is 7. The summed E-state index contributed by atoms with van der Waals surface area (Å²) in [7, 11) is 6.49. The fraction of sp³-hybridized carbons (Fsp3) is 0.212. The third-order valence-electron chi connectivity index (χ3n) is 7.63. The number of ether oxygens (including phenoxy) is 5. The molecule has 1 atom stereocenters. The van der Waals surface area contributed by atoms with E-state index in [-0.39, 0.29) is 5.92 Å². The van der Waals surface area contributed by atoms with Crippen molar-refractivity contribution < 1.29 is 23.7 Å². The zero-order valence-electron chi connectivity index (χ0n) is 23.4. The van der Waals surface area contributed by atoms with Crippen molar-refractivity contribution in [1.29, 1.82) is 5.41 Å². The molecule has 0 saturated carbocycles. The van der Waals surface area contributed by atoms with Crippen molar-refractivity contribution >= 4 is 10.8 Å². The van der Waals surface area contributed by atoms with Crippen LogP contribution < -0.4 is 29.2 Å².